The van der Waals surface area contributed by atoms with Crippen LogP contribution in [0.4, 0.5) is 17.1 Å². The minimum absolute atomic E-state index is 0.877. The third-order valence-electron chi connectivity index (χ3n) is 12.1. The highest BCUT2D eigenvalue weighted by molar-refractivity contribution is 6.14. The number of nitrogens with zero attached hydrogens (tertiary/aromatic N) is 1. The van der Waals surface area contributed by atoms with Crippen LogP contribution in [0.2, 0.25) is 0 Å². The van der Waals surface area contributed by atoms with Gasteiger partial charge in [0, 0.05) is 38.5 Å². The lowest BCUT2D eigenvalue weighted by Gasteiger charge is -2.28. The molecule has 10 aromatic carbocycles. The van der Waals surface area contributed by atoms with E-state index in [-0.39, 0.29) is 0 Å². The van der Waals surface area contributed by atoms with Gasteiger partial charge < -0.3 is 13.7 Å². The normalized spacial score (nSPS) is 11.6. The standard InChI is InChI=1S/C58H37NO2/c1-2-13-46-41(11-1)12-9-17-47(46)42-25-23-38(24-26-42)39-27-32-44(33-28-39)59(45-34-29-40(30-35-45)43-31-36-56-52(37-43)49-15-4-7-20-54(49)60-56)53-19-6-3-14-48(53)50-18-10-22-57-58(50)51-16-5-8-21-55(51)61-57/h1-37H. The van der Waals surface area contributed by atoms with Crippen LogP contribution in [-0.2, 0) is 0 Å². The second kappa shape index (κ2) is 14.3. The Hall–Kier alpha value is -8.14. The lowest BCUT2D eigenvalue weighted by Crippen LogP contribution is -2.11. The van der Waals surface area contributed by atoms with E-state index in [1.54, 1.807) is 0 Å². The number of benzene rings is 10. The maximum absolute atomic E-state index is 6.37. The van der Waals surface area contributed by atoms with E-state index in [1.807, 2.05) is 24.3 Å². The van der Waals surface area contributed by atoms with Gasteiger partial charge in [-0.25, -0.2) is 0 Å². The predicted molar refractivity (Wildman–Crippen MR) is 255 cm³/mol. The fraction of sp³-hybridized carbons (Fsp3) is 0. The van der Waals surface area contributed by atoms with Crippen LogP contribution in [0.15, 0.2) is 233 Å². The van der Waals surface area contributed by atoms with Crippen molar-refractivity contribution in [3.8, 4) is 44.5 Å². The highest BCUT2D eigenvalue weighted by Gasteiger charge is 2.21. The molecule has 3 heteroatoms. The highest BCUT2D eigenvalue weighted by Crippen LogP contribution is 2.45. The van der Waals surface area contributed by atoms with Crippen molar-refractivity contribution in [3.63, 3.8) is 0 Å². The van der Waals surface area contributed by atoms with Crippen LogP contribution < -0.4 is 4.90 Å². The monoisotopic (exact) mass is 779 g/mol. The van der Waals surface area contributed by atoms with Gasteiger partial charge in [0.15, 0.2) is 0 Å². The summed E-state index contributed by atoms with van der Waals surface area (Å²) in [6.45, 7) is 0. The van der Waals surface area contributed by atoms with Gasteiger partial charge in [-0.05, 0) is 110 Å². The van der Waals surface area contributed by atoms with Crippen molar-refractivity contribution in [2.24, 2.45) is 0 Å². The Kier molecular flexibility index (Phi) is 8.17. The molecule has 0 fully saturated rings. The molecule has 0 saturated carbocycles. The molecule has 0 radical (unpaired) electrons. The molecule has 0 unspecified atom stereocenters. The first kappa shape index (κ1) is 34.9. The molecule has 0 aliphatic heterocycles. The van der Waals surface area contributed by atoms with Gasteiger partial charge >= 0.3 is 0 Å². The summed E-state index contributed by atoms with van der Waals surface area (Å²) in [6, 6.07) is 80.0. The molecule has 286 valence electrons. The van der Waals surface area contributed by atoms with Crippen LogP contribution in [0.1, 0.15) is 0 Å². The number of fused-ring (bicyclic) bond motifs is 7. The second-order valence-electron chi connectivity index (χ2n) is 15.6. The molecule has 0 amide bonds. The number of anilines is 3. The molecule has 0 N–H and O–H groups in total. The summed E-state index contributed by atoms with van der Waals surface area (Å²) in [5.41, 5.74) is 16.1. The fourth-order valence-electron chi connectivity index (χ4n) is 9.15. The molecule has 0 aliphatic rings. The van der Waals surface area contributed by atoms with Crippen molar-refractivity contribution < 1.29 is 8.83 Å². The quantitative estimate of drug-likeness (QED) is 0.161. The number of furan rings is 2. The van der Waals surface area contributed by atoms with E-state index in [9.17, 15) is 0 Å². The molecule has 0 bridgehead atoms. The molecule has 0 aliphatic carbocycles. The van der Waals surface area contributed by atoms with Gasteiger partial charge in [-0.3, -0.25) is 0 Å². The molecule has 3 nitrogen and oxygen atoms in total. The SMILES string of the molecule is c1ccc(N(c2ccc(-c3ccc(-c4cccc5ccccc45)cc3)cc2)c2ccc(-c3ccc4oc5ccccc5c4c3)cc2)c(-c2cccc3oc4ccccc4c23)c1. The highest BCUT2D eigenvalue weighted by atomic mass is 16.3. The maximum Gasteiger partial charge on any atom is 0.136 e. The third kappa shape index (κ3) is 5.98. The Morgan fingerprint density at radius 1 is 0.279 bits per heavy atom. The summed E-state index contributed by atoms with van der Waals surface area (Å²) in [6.07, 6.45) is 0. The summed E-state index contributed by atoms with van der Waals surface area (Å²) < 4.78 is 12.5. The van der Waals surface area contributed by atoms with E-state index in [2.05, 4.69) is 205 Å². The van der Waals surface area contributed by atoms with E-state index >= 15 is 0 Å². The molecular weight excluding hydrogens is 743 g/mol. The molecule has 0 spiro atoms. The van der Waals surface area contributed by atoms with E-state index < -0.39 is 0 Å². The van der Waals surface area contributed by atoms with Gasteiger partial charge in [-0.2, -0.15) is 0 Å². The van der Waals surface area contributed by atoms with Crippen molar-refractivity contribution in [3.05, 3.63) is 224 Å². The van der Waals surface area contributed by atoms with Crippen LogP contribution in [0.3, 0.4) is 0 Å². The average Bonchev–Trinajstić information content (AvgIpc) is 3.91. The van der Waals surface area contributed by atoms with Crippen LogP contribution in [0, 0.1) is 0 Å². The molecule has 0 saturated heterocycles. The van der Waals surface area contributed by atoms with Crippen LogP contribution in [-0.4, -0.2) is 0 Å². The van der Waals surface area contributed by atoms with Crippen molar-refractivity contribution >= 4 is 71.7 Å². The first-order chi connectivity index (χ1) is 30.2. The smallest absolute Gasteiger partial charge is 0.136 e. The van der Waals surface area contributed by atoms with Crippen molar-refractivity contribution in [1.29, 1.82) is 0 Å². The Labute approximate surface area is 353 Å². The molecule has 2 aromatic heterocycles. The van der Waals surface area contributed by atoms with Crippen molar-refractivity contribution in [2.45, 2.75) is 0 Å². The minimum atomic E-state index is 0.877. The van der Waals surface area contributed by atoms with Crippen molar-refractivity contribution in [2.75, 3.05) is 4.90 Å². The Morgan fingerprint density at radius 2 is 0.754 bits per heavy atom. The number of rotatable bonds is 7. The van der Waals surface area contributed by atoms with E-state index in [0.29, 0.717) is 0 Å². The van der Waals surface area contributed by atoms with Crippen LogP contribution >= 0.6 is 0 Å². The second-order valence-corrected chi connectivity index (χ2v) is 15.6. The zero-order chi connectivity index (χ0) is 40.3. The average molecular weight is 780 g/mol. The number of hydrogen-bond donors (Lipinski definition) is 0. The zero-order valence-corrected chi connectivity index (χ0v) is 33.1. The zero-order valence-electron chi connectivity index (χ0n) is 33.1. The summed E-state index contributed by atoms with van der Waals surface area (Å²) in [4.78, 5) is 2.38. The van der Waals surface area contributed by atoms with E-state index in [0.717, 1.165) is 88.8 Å². The first-order valence-electron chi connectivity index (χ1n) is 20.7. The van der Waals surface area contributed by atoms with Gasteiger partial charge in [0.05, 0.1) is 5.69 Å². The van der Waals surface area contributed by atoms with Crippen LogP contribution in [0.5, 0.6) is 0 Å². The largest absolute Gasteiger partial charge is 0.456 e. The summed E-state index contributed by atoms with van der Waals surface area (Å²) in [7, 11) is 0. The minimum Gasteiger partial charge on any atom is -0.456 e. The van der Waals surface area contributed by atoms with Gasteiger partial charge in [0.2, 0.25) is 0 Å². The van der Waals surface area contributed by atoms with Gasteiger partial charge in [-0.15, -0.1) is 0 Å². The van der Waals surface area contributed by atoms with Gasteiger partial charge in [0.1, 0.15) is 22.3 Å². The Balaban J connectivity index is 0.959. The maximum atomic E-state index is 6.37. The Bertz CT molecular complexity index is 3570. The third-order valence-corrected chi connectivity index (χ3v) is 12.1. The van der Waals surface area contributed by atoms with Gasteiger partial charge in [-0.1, -0.05) is 164 Å². The lowest BCUT2D eigenvalue weighted by atomic mass is 9.95. The molecule has 12 aromatic rings. The predicted octanol–water partition coefficient (Wildman–Crippen LogP) is 16.8. The van der Waals surface area contributed by atoms with Crippen LogP contribution in [0.25, 0.3) is 99.2 Å². The fourth-order valence-corrected chi connectivity index (χ4v) is 9.15. The molecule has 61 heavy (non-hydrogen) atoms. The molecule has 0 atom stereocenters. The molecule has 2 heterocycles. The Morgan fingerprint density at radius 3 is 1.52 bits per heavy atom. The molecule has 12 rings (SSSR count). The van der Waals surface area contributed by atoms with Gasteiger partial charge in [0.25, 0.3) is 0 Å². The number of hydrogen-bond acceptors (Lipinski definition) is 3. The van der Waals surface area contributed by atoms with E-state index in [1.165, 1.54) is 27.5 Å². The summed E-state index contributed by atoms with van der Waals surface area (Å²) in [5.74, 6) is 0. The first-order valence-corrected chi connectivity index (χ1v) is 20.7. The van der Waals surface area contributed by atoms with Crippen molar-refractivity contribution in [1.82, 2.24) is 0 Å². The summed E-state index contributed by atoms with van der Waals surface area (Å²) >= 11 is 0. The summed E-state index contributed by atoms with van der Waals surface area (Å²) in [5, 5.41) is 6.99. The van der Waals surface area contributed by atoms with E-state index in [4.69, 9.17) is 8.83 Å². The molecular formula is C58H37NO2. The lowest BCUT2D eigenvalue weighted by molar-refractivity contribution is 0.668. The number of para-hydroxylation sites is 3. The topological polar surface area (TPSA) is 29.5 Å².